The van der Waals surface area contributed by atoms with Gasteiger partial charge in [-0.15, -0.1) is 0 Å². The molecule has 0 saturated carbocycles. The van der Waals surface area contributed by atoms with E-state index >= 15 is 0 Å². The average Bonchev–Trinajstić information content (AvgIpc) is 2.04. The van der Waals surface area contributed by atoms with Crippen LogP contribution in [0.3, 0.4) is 0 Å². The number of hydrogen-bond donors (Lipinski definition) is 1. The van der Waals surface area contributed by atoms with E-state index in [9.17, 15) is 0 Å². The molecule has 0 saturated heterocycles. The average molecular weight is 165 g/mol. The second-order valence-corrected chi connectivity index (χ2v) is 2.78. The minimum Gasteiger partial charge on any atom is -0.314 e. The Balaban J connectivity index is 2.90. The highest BCUT2D eigenvalue weighted by Gasteiger charge is 1.98. The highest BCUT2D eigenvalue weighted by Crippen LogP contribution is 2.01. The van der Waals surface area contributed by atoms with Gasteiger partial charge < -0.3 is 5.32 Å². The van der Waals surface area contributed by atoms with Crippen molar-refractivity contribution in [3.8, 4) is 0 Å². The summed E-state index contributed by atoms with van der Waals surface area (Å²) in [6.45, 7) is 4.85. The second kappa shape index (κ2) is 4.16. The third-order valence-electron chi connectivity index (χ3n) is 1.66. The van der Waals surface area contributed by atoms with E-state index in [1.807, 2.05) is 20.0 Å². The van der Waals surface area contributed by atoms with Crippen LogP contribution >= 0.6 is 0 Å². The molecule has 0 aliphatic rings. The third kappa shape index (κ3) is 2.27. The van der Waals surface area contributed by atoms with E-state index in [1.54, 1.807) is 0 Å². The summed E-state index contributed by atoms with van der Waals surface area (Å²) in [6, 6.07) is 2.05. The van der Waals surface area contributed by atoms with Gasteiger partial charge in [0, 0.05) is 12.2 Å². The van der Waals surface area contributed by atoms with Gasteiger partial charge in [-0.2, -0.15) is 0 Å². The van der Waals surface area contributed by atoms with Crippen molar-refractivity contribution < 1.29 is 0 Å². The zero-order valence-corrected chi connectivity index (χ0v) is 7.89. The number of aryl methyl sites for hydroxylation is 2. The number of nitrogens with one attached hydrogen (secondary N) is 1. The lowest BCUT2D eigenvalue weighted by Gasteiger charge is -2.03. The molecular formula is C9H15N3. The molecule has 0 spiro atoms. The second-order valence-electron chi connectivity index (χ2n) is 2.78. The summed E-state index contributed by atoms with van der Waals surface area (Å²) in [5.41, 5.74) is 2.19. The lowest BCUT2D eigenvalue weighted by atomic mass is 10.2. The molecule has 1 rings (SSSR count). The number of hydrogen-bond acceptors (Lipinski definition) is 3. The van der Waals surface area contributed by atoms with E-state index in [0.29, 0.717) is 0 Å². The van der Waals surface area contributed by atoms with Gasteiger partial charge in [-0.25, -0.2) is 9.97 Å². The van der Waals surface area contributed by atoms with E-state index in [2.05, 4.69) is 22.2 Å². The molecule has 66 valence electrons. The molecule has 0 radical (unpaired) electrons. The molecule has 3 nitrogen and oxygen atoms in total. The maximum Gasteiger partial charge on any atom is 0.125 e. The van der Waals surface area contributed by atoms with Gasteiger partial charge in [-0.3, -0.25) is 0 Å². The largest absolute Gasteiger partial charge is 0.314 e. The molecule has 3 heteroatoms. The summed E-state index contributed by atoms with van der Waals surface area (Å²) in [7, 11) is 1.92. The van der Waals surface area contributed by atoms with Crippen LogP contribution in [0.25, 0.3) is 0 Å². The van der Waals surface area contributed by atoms with Crippen LogP contribution in [-0.4, -0.2) is 17.0 Å². The maximum absolute atomic E-state index is 4.30. The summed E-state index contributed by atoms with van der Waals surface area (Å²) in [5.74, 6) is 0.861. The number of aromatic nitrogens is 2. The van der Waals surface area contributed by atoms with Gasteiger partial charge in [0.25, 0.3) is 0 Å². The molecule has 12 heavy (non-hydrogen) atoms. The van der Waals surface area contributed by atoms with Crippen molar-refractivity contribution in [1.29, 1.82) is 0 Å². The molecule has 0 aliphatic carbocycles. The molecule has 0 unspecified atom stereocenters. The highest BCUT2D eigenvalue weighted by atomic mass is 14.9. The zero-order valence-electron chi connectivity index (χ0n) is 7.89. The molecular weight excluding hydrogens is 150 g/mol. The van der Waals surface area contributed by atoms with Crippen LogP contribution in [0.15, 0.2) is 6.07 Å². The zero-order chi connectivity index (χ0) is 8.97. The molecule has 1 aromatic rings. The minimum atomic E-state index is 0.816. The Kier molecular flexibility index (Phi) is 3.17. The van der Waals surface area contributed by atoms with Crippen LogP contribution in [0.2, 0.25) is 0 Å². The highest BCUT2D eigenvalue weighted by molar-refractivity contribution is 5.10. The first-order valence-electron chi connectivity index (χ1n) is 4.24. The van der Waals surface area contributed by atoms with E-state index < -0.39 is 0 Å². The first-order chi connectivity index (χ1) is 5.76. The van der Waals surface area contributed by atoms with E-state index in [4.69, 9.17) is 0 Å². The normalized spacial score (nSPS) is 10.2. The smallest absolute Gasteiger partial charge is 0.125 e. The van der Waals surface area contributed by atoms with Gasteiger partial charge in [-0.1, -0.05) is 6.92 Å². The van der Waals surface area contributed by atoms with Crippen molar-refractivity contribution in [1.82, 2.24) is 15.3 Å². The van der Waals surface area contributed by atoms with Crippen LogP contribution in [0.4, 0.5) is 0 Å². The van der Waals surface area contributed by atoms with Crippen molar-refractivity contribution in [3.05, 3.63) is 23.3 Å². The van der Waals surface area contributed by atoms with E-state index in [-0.39, 0.29) is 0 Å². The lowest BCUT2D eigenvalue weighted by Crippen LogP contribution is -2.09. The van der Waals surface area contributed by atoms with Gasteiger partial charge >= 0.3 is 0 Å². The molecule has 0 bridgehead atoms. The van der Waals surface area contributed by atoms with Crippen LogP contribution in [0.1, 0.15) is 24.1 Å². The Hall–Kier alpha value is -0.960. The summed E-state index contributed by atoms with van der Waals surface area (Å²) in [6.07, 6.45) is 0.972. The van der Waals surface area contributed by atoms with Crippen LogP contribution in [0.5, 0.6) is 0 Å². The van der Waals surface area contributed by atoms with Crippen molar-refractivity contribution in [2.45, 2.75) is 26.8 Å². The van der Waals surface area contributed by atoms with Crippen LogP contribution in [0, 0.1) is 6.92 Å². The molecule has 1 heterocycles. The lowest BCUT2D eigenvalue weighted by molar-refractivity contribution is 0.770. The monoisotopic (exact) mass is 165 g/mol. The number of nitrogens with zero attached hydrogens (tertiary/aromatic N) is 2. The molecule has 0 aliphatic heterocycles. The molecule has 0 amide bonds. The molecule has 0 aromatic carbocycles. The Morgan fingerprint density at radius 3 is 2.58 bits per heavy atom. The predicted molar refractivity (Wildman–Crippen MR) is 48.9 cm³/mol. The van der Waals surface area contributed by atoms with Gasteiger partial charge in [0.15, 0.2) is 0 Å². The SMILES string of the molecule is CCc1cc(CNC)nc(C)n1. The van der Waals surface area contributed by atoms with Crippen molar-refractivity contribution in [2.75, 3.05) is 7.05 Å². The number of rotatable bonds is 3. The van der Waals surface area contributed by atoms with Crippen LogP contribution in [-0.2, 0) is 13.0 Å². The summed E-state index contributed by atoms with van der Waals surface area (Å²) in [4.78, 5) is 8.59. The predicted octanol–water partition coefficient (Wildman–Crippen LogP) is 1.07. The Morgan fingerprint density at radius 2 is 2.00 bits per heavy atom. The molecule has 1 aromatic heterocycles. The first-order valence-corrected chi connectivity index (χ1v) is 4.24. The van der Waals surface area contributed by atoms with E-state index in [0.717, 1.165) is 30.2 Å². The molecule has 0 fully saturated rings. The Bertz CT molecular complexity index is 258. The standard InChI is InChI=1S/C9H15N3/c1-4-8-5-9(6-10-3)12-7(2)11-8/h5,10H,4,6H2,1-3H3. The first kappa shape index (κ1) is 9.13. The van der Waals surface area contributed by atoms with Crippen molar-refractivity contribution in [2.24, 2.45) is 0 Å². The minimum absolute atomic E-state index is 0.816. The van der Waals surface area contributed by atoms with Crippen molar-refractivity contribution in [3.63, 3.8) is 0 Å². The summed E-state index contributed by atoms with van der Waals surface area (Å²) in [5, 5.41) is 3.07. The van der Waals surface area contributed by atoms with Gasteiger partial charge in [0.1, 0.15) is 5.82 Å². The maximum atomic E-state index is 4.30. The van der Waals surface area contributed by atoms with E-state index in [1.165, 1.54) is 0 Å². The Labute approximate surface area is 73.2 Å². The van der Waals surface area contributed by atoms with Gasteiger partial charge in [0.05, 0.1) is 5.69 Å². The topological polar surface area (TPSA) is 37.8 Å². The molecule has 0 atom stereocenters. The summed E-state index contributed by atoms with van der Waals surface area (Å²) < 4.78 is 0. The quantitative estimate of drug-likeness (QED) is 0.728. The fourth-order valence-corrected chi connectivity index (χ4v) is 1.15. The van der Waals surface area contributed by atoms with Gasteiger partial charge in [0.2, 0.25) is 0 Å². The summed E-state index contributed by atoms with van der Waals surface area (Å²) >= 11 is 0. The van der Waals surface area contributed by atoms with Crippen LogP contribution < -0.4 is 5.32 Å². The molecule has 1 N–H and O–H groups in total. The van der Waals surface area contributed by atoms with Crippen molar-refractivity contribution >= 4 is 0 Å². The fraction of sp³-hybridized carbons (Fsp3) is 0.556. The third-order valence-corrected chi connectivity index (χ3v) is 1.66. The fourth-order valence-electron chi connectivity index (χ4n) is 1.15. The Morgan fingerprint density at radius 1 is 1.33 bits per heavy atom. The van der Waals surface area contributed by atoms with Gasteiger partial charge in [-0.05, 0) is 26.5 Å².